The lowest BCUT2D eigenvalue weighted by molar-refractivity contribution is -0.131. The Bertz CT molecular complexity index is 214. The Morgan fingerprint density at radius 1 is 0.789 bits per heavy atom. The van der Waals surface area contributed by atoms with Crippen molar-refractivity contribution in [3.05, 3.63) is 0 Å². The third kappa shape index (κ3) is 11.4. The monoisotopic (exact) mass is 276 g/mol. The molecule has 0 bridgehead atoms. The molecule has 0 saturated carbocycles. The Morgan fingerprint density at radius 2 is 1.47 bits per heavy atom. The molecule has 0 aromatic heterocycles. The van der Waals surface area contributed by atoms with Gasteiger partial charge >= 0.3 is 0 Å². The van der Waals surface area contributed by atoms with Gasteiger partial charge in [-0.2, -0.15) is 0 Å². The molecule has 0 rings (SSSR count). The second-order valence-corrected chi connectivity index (χ2v) is 6.01. The van der Waals surface area contributed by atoms with Gasteiger partial charge in [-0.25, -0.2) is 0 Å². The van der Waals surface area contributed by atoms with Gasteiger partial charge in [-0.3, -0.25) is 0 Å². The third-order valence-corrected chi connectivity index (χ3v) is 2.79. The van der Waals surface area contributed by atoms with E-state index in [-0.39, 0.29) is 11.2 Å². The van der Waals surface area contributed by atoms with E-state index in [0.717, 1.165) is 26.1 Å². The first-order valence-electron chi connectivity index (χ1n) is 7.17. The molecule has 0 heterocycles. The highest BCUT2D eigenvalue weighted by Crippen LogP contribution is 2.19. The molecule has 116 valence electrons. The molecule has 0 saturated heterocycles. The molecule has 0 aromatic carbocycles. The molecule has 0 aromatic rings. The lowest BCUT2D eigenvalue weighted by Crippen LogP contribution is -2.37. The van der Waals surface area contributed by atoms with Crippen LogP contribution in [0, 0.1) is 0 Å². The molecule has 4 heteroatoms. The molecule has 19 heavy (non-hydrogen) atoms. The molecule has 4 nitrogen and oxygen atoms in total. The van der Waals surface area contributed by atoms with Crippen LogP contribution >= 0.6 is 0 Å². The van der Waals surface area contributed by atoms with Crippen LogP contribution in [0.2, 0.25) is 0 Å². The van der Waals surface area contributed by atoms with Gasteiger partial charge < -0.3 is 18.9 Å². The van der Waals surface area contributed by atoms with Crippen molar-refractivity contribution < 1.29 is 18.9 Å². The van der Waals surface area contributed by atoms with E-state index in [1.165, 1.54) is 0 Å². The summed E-state index contributed by atoms with van der Waals surface area (Å²) in [6, 6.07) is 0. The van der Waals surface area contributed by atoms with Crippen LogP contribution in [0.4, 0.5) is 0 Å². The second-order valence-electron chi connectivity index (χ2n) is 6.01. The zero-order valence-corrected chi connectivity index (χ0v) is 13.6. The summed E-state index contributed by atoms with van der Waals surface area (Å²) in [4.78, 5) is 0. The van der Waals surface area contributed by atoms with Crippen LogP contribution in [0.5, 0.6) is 0 Å². The molecular weight excluding hydrogens is 244 g/mol. The summed E-state index contributed by atoms with van der Waals surface area (Å²) in [5, 5.41) is 0. The summed E-state index contributed by atoms with van der Waals surface area (Å²) in [6.45, 7) is 13.7. The molecule has 0 atom stereocenters. The molecule has 0 aliphatic carbocycles. The standard InChI is InChI=1S/C15H32O4/c1-7-9-17-10-8-14(2,3)19-13-15(4,5)18-12-11-16-6/h7-13H2,1-6H3. The average Bonchev–Trinajstić information content (AvgIpc) is 2.33. The summed E-state index contributed by atoms with van der Waals surface area (Å²) >= 11 is 0. The Morgan fingerprint density at radius 3 is 2.05 bits per heavy atom. The van der Waals surface area contributed by atoms with Crippen molar-refractivity contribution in [2.75, 3.05) is 40.1 Å². The highest BCUT2D eigenvalue weighted by Gasteiger charge is 2.25. The van der Waals surface area contributed by atoms with Gasteiger partial charge in [0.15, 0.2) is 0 Å². The Balaban J connectivity index is 3.86. The van der Waals surface area contributed by atoms with E-state index in [2.05, 4.69) is 20.8 Å². The lowest BCUT2D eigenvalue weighted by atomic mass is 10.0. The summed E-state index contributed by atoms with van der Waals surface area (Å²) in [5.74, 6) is 0. The maximum atomic E-state index is 5.96. The van der Waals surface area contributed by atoms with Gasteiger partial charge in [-0.1, -0.05) is 6.92 Å². The molecule has 0 spiro atoms. The van der Waals surface area contributed by atoms with E-state index < -0.39 is 0 Å². The second kappa shape index (κ2) is 9.70. The largest absolute Gasteiger partial charge is 0.382 e. The SMILES string of the molecule is CCCOCCC(C)(C)OCC(C)(C)OCCOC. The third-order valence-electron chi connectivity index (χ3n) is 2.79. The number of hydrogen-bond donors (Lipinski definition) is 0. The summed E-state index contributed by atoms with van der Waals surface area (Å²) < 4.78 is 22.2. The fourth-order valence-corrected chi connectivity index (χ4v) is 1.45. The first-order valence-corrected chi connectivity index (χ1v) is 7.17. The Labute approximate surface area is 118 Å². The number of rotatable bonds is 12. The molecule has 0 unspecified atom stereocenters. The van der Waals surface area contributed by atoms with Gasteiger partial charge in [0.1, 0.15) is 0 Å². The number of hydrogen-bond acceptors (Lipinski definition) is 4. The van der Waals surface area contributed by atoms with E-state index in [0.29, 0.717) is 19.8 Å². The highest BCUT2D eigenvalue weighted by atomic mass is 16.6. The maximum absolute atomic E-state index is 5.96. The van der Waals surface area contributed by atoms with Crippen LogP contribution in [-0.4, -0.2) is 51.3 Å². The normalized spacial score (nSPS) is 12.9. The fourth-order valence-electron chi connectivity index (χ4n) is 1.45. The summed E-state index contributed by atoms with van der Waals surface area (Å²) in [6.07, 6.45) is 1.95. The molecule has 0 N–H and O–H groups in total. The zero-order valence-electron chi connectivity index (χ0n) is 13.6. The lowest BCUT2D eigenvalue weighted by Gasteiger charge is -2.32. The zero-order chi connectivity index (χ0) is 14.8. The Kier molecular flexibility index (Phi) is 9.62. The minimum absolute atomic E-state index is 0.185. The van der Waals surface area contributed by atoms with Gasteiger partial charge in [0.05, 0.1) is 31.0 Å². The topological polar surface area (TPSA) is 36.9 Å². The molecular formula is C15H32O4. The van der Waals surface area contributed by atoms with Crippen molar-refractivity contribution >= 4 is 0 Å². The van der Waals surface area contributed by atoms with E-state index >= 15 is 0 Å². The first kappa shape index (κ1) is 18.8. The van der Waals surface area contributed by atoms with Crippen LogP contribution in [0.3, 0.4) is 0 Å². The molecule has 0 fully saturated rings. The maximum Gasteiger partial charge on any atom is 0.0860 e. The van der Waals surface area contributed by atoms with Crippen molar-refractivity contribution in [2.45, 2.75) is 58.7 Å². The van der Waals surface area contributed by atoms with Crippen molar-refractivity contribution in [3.8, 4) is 0 Å². The van der Waals surface area contributed by atoms with Crippen molar-refractivity contribution in [1.29, 1.82) is 0 Å². The smallest absolute Gasteiger partial charge is 0.0860 e. The van der Waals surface area contributed by atoms with Gasteiger partial charge in [0.2, 0.25) is 0 Å². The number of methoxy groups -OCH3 is 1. The molecule has 0 aliphatic heterocycles. The van der Waals surface area contributed by atoms with E-state index in [1.54, 1.807) is 7.11 Å². The minimum atomic E-state index is -0.292. The summed E-state index contributed by atoms with van der Waals surface area (Å²) in [5.41, 5.74) is -0.476. The minimum Gasteiger partial charge on any atom is -0.382 e. The van der Waals surface area contributed by atoms with Gasteiger partial charge in [-0.05, 0) is 40.5 Å². The fraction of sp³-hybridized carbons (Fsp3) is 1.00. The van der Waals surface area contributed by atoms with Crippen LogP contribution in [0.15, 0.2) is 0 Å². The van der Waals surface area contributed by atoms with Crippen LogP contribution < -0.4 is 0 Å². The van der Waals surface area contributed by atoms with Crippen molar-refractivity contribution in [2.24, 2.45) is 0 Å². The number of ether oxygens (including phenoxy) is 4. The molecule has 0 aliphatic rings. The highest BCUT2D eigenvalue weighted by molar-refractivity contribution is 4.74. The predicted octanol–water partition coefficient (Wildman–Crippen LogP) is 3.04. The van der Waals surface area contributed by atoms with Crippen LogP contribution in [0.1, 0.15) is 47.5 Å². The van der Waals surface area contributed by atoms with Crippen LogP contribution in [-0.2, 0) is 18.9 Å². The quantitative estimate of drug-likeness (QED) is 0.513. The van der Waals surface area contributed by atoms with Crippen molar-refractivity contribution in [3.63, 3.8) is 0 Å². The van der Waals surface area contributed by atoms with Crippen LogP contribution in [0.25, 0.3) is 0 Å². The van der Waals surface area contributed by atoms with Gasteiger partial charge in [-0.15, -0.1) is 0 Å². The van der Waals surface area contributed by atoms with Gasteiger partial charge in [0.25, 0.3) is 0 Å². The van der Waals surface area contributed by atoms with E-state index in [9.17, 15) is 0 Å². The first-order chi connectivity index (χ1) is 8.83. The predicted molar refractivity (Wildman–Crippen MR) is 77.7 cm³/mol. The summed E-state index contributed by atoms with van der Waals surface area (Å²) in [7, 11) is 1.67. The Hall–Kier alpha value is -0.160. The van der Waals surface area contributed by atoms with E-state index in [4.69, 9.17) is 18.9 Å². The average molecular weight is 276 g/mol. The van der Waals surface area contributed by atoms with E-state index in [1.807, 2.05) is 13.8 Å². The van der Waals surface area contributed by atoms with Crippen molar-refractivity contribution in [1.82, 2.24) is 0 Å². The molecule has 0 radical (unpaired) electrons. The molecule has 0 amide bonds. The van der Waals surface area contributed by atoms with Gasteiger partial charge in [0, 0.05) is 20.3 Å².